The highest BCUT2D eigenvalue weighted by molar-refractivity contribution is 8.17. The van der Waals surface area contributed by atoms with E-state index in [1.54, 1.807) is 0 Å². The number of aromatic nitrogens is 2. The van der Waals surface area contributed by atoms with E-state index in [0.717, 1.165) is 54.8 Å². The van der Waals surface area contributed by atoms with E-state index in [9.17, 15) is 4.79 Å². The molecule has 0 saturated heterocycles. The highest BCUT2D eigenvalue weighted by Gasteiger charge is 2.32. The molecule has 2 N–H and O–H groups in total. The lowest BCUT2D eigenvalue weighted by Crippen LogP contribution is -2.14. The molecule has 1 aromatic heterocycles. The zero-order valence-electron chi connectivity index (χ0n) is 22.9. The number of carbonyl (C=O) groups is 1. The number of hydrogen-bond acceptors (Lipinski definition) is 6. The molecular formula is C31H37N5OS2. The van der Waals surface area contributed by atoms with E-state index < -0.39 is 0 Å². The molecule has 2 unspecified atom stereocenters. The Bertz CT molecular complexity index is 1320. The van der Waals surface area contributed by atoms with Crippen LogP contribution >= 0.6 is 23.1 Å². The van der Waals surface area contributed by atoms with Crippen LogP contribution in [0.1, 0.15) is 74.9 Å². The summed E-state index contributed by atoms with van der Waals surface area (Å²) >= 11 is 3.01. The van der Waals surface area contributed by atoms with Gasteiger partial charge in [-0.2, -0.15) is 0 Å². The van der Waals surface area contributed by atoms with Crippen molar-refractivity contribution in [1.29, 1.82) is 5.41 Å². The first-order chi connectivity index (χ1) is 18.9. The third kappa shape index (κ3) is 8.44. The molecule has 2 aromatic carbocycles. The monoisotopic (exact) mass is 559 g/mol. The topological polar surface area (TPSA) is 91.1 Å². The van der Waals surface area contributed by atoms with Gasteiger partial charge in [0.2, 0.25) is 11.0 Å². The minimum atomic E-state index is -0.0776. The average molecular weight is 560 g/mol. The van der Waals surface area contributed by atoms with Gasteiger partial charge in [-0.3, -0.25) is 10.2 Å². The normalized spacial score (nSPS) is 18.1. The zero-order valence-corrected chi connectivity index (χ0v) is 24.6. The first kappa shape index (κ1) is 28.9. The van der Waals surface area contributed by atoms with Crippen molar-refractivity contribution in [3.8, 4) is 0 Å². The van der Waals surface area contributed by atoms with Crippen LogP contribution in [0.5, 0.6) is 0 Å². The lowest BCUT2D eigenvalue weighted by molar-refractivity contribution is -0.115. The van der Waals surface area contributed by atoms with Crippen molar-refractivity contribution < 1.29 is 4.79 Å². The lowest BCUT2D eigenvalue weighted by atomic mass is 10.0. The molecule has 204 valence electrons. The van der Waals surface area contributed by atoms with Gasteiger partial charge in [0.05, 0.1) is 6.42 Å². The Balaban J connectivity index is 1.37. The molecule has 1 aliphatic carbocycles. The minimum Gasteiger partial charge on any atom is -0.300 e. The van der Waals surface area contributed by atoms with Crippen LogP contribution in [0.15, 0.2) is 76.1 Å². The minimum absolute atomic E-state index is 0.0776. The molecule has 0 aliphatic heterocycles. The number of aliphatic imine (C=N–C) groups is 1. The van der Waals surface area contributed by atoms with E-state index >= 15 is 0 Å². The van der Waals surface area contributed by atoms with Crippen LogP contribution in [0.4, 0.5) is 5.13 Å². The van der Waals surface area contributed by atoms with Gasteiger partial charge in [0, 0.05) is 18.1 Å². The smallest absolute Gasteiger partial charge is 0.230 e. The maximum Gasteiger partial charge on any atom is 0.230 e. The number of benzene rings is 2. The van der Waals surface area contributed by atoms with E-state index in [1.807, 2.05) is 48.5 Å². The number of rotatable bonds is 10. The van der Waals surface area contributed by atoms with Crippen molar-refractivity contribution in [2.75, 3.05) is 5.32 Å². The Labute approximate surface area is 240 Å². The summed E-state index contributed by atoms with van der Waals surface area (Å²) in [6.45, 7) is 6.47. The summed E-state index contributed by atoms with van der Waals surface area (Å²) in [6, 6.07) is 20.0. The number of nitrogens with zero attached hydrogens (tertiary/aromatic N) is 3. The van der Waals surface area contributed by atoms with Crippen LogP contribution in [-0.2, 0) is 17.6 Å². The Morgan fingerprint density at radius 1 is 1.00 bits per heavy atom. The van der Waals surface area contributed by atoms with Crippen LogP contribution in [-0.4, -0.2) is 27.0 Å². The third-order valence-electron chi connectivity index (χ3n) is 7.12. The fourth-order valence-corrected chi connectivity index (χ4v) is 6.87. The number of thioether (sulfide) groups is 1. The molecule has 4 rings (SSSR count). The molecule has 1 aliphatic rings. The molecule has 0 bridgehead atoms. The number of amides is 1. The first-order valence-electron chi connectivity index (χ1n) is 13.7. The Hall–Kier alpha value is -3.10. The molecule has 3 aromatic rings. The van der Waals surface area contributed by atoms with Crippen molar-refractivity contribution in [2.45, 2.75) is 71.6 Å². The van der Waals surface area contributed by atoms with E-state index in [-0.39, 0.29) is 5.91 Å². The van der Waals surface area contributed by atoms with Crippen molar-refractivity contribution in [2.24, 2.45) is 10.9 Å². The van der Waals surface area contributed by atoms with E-state index in [0.29, 0.717) is 28.6 Å². The Kier molecular flexibility index (Phi) is 10.6. The number of carbonyl (C=O) groups excluding carboxylic acids is 1. The van der Waals surface area contributed by atoms with Gasteiger partial charge in [-0.1, -0.05) is 103 Å². The second-order valence-corrected chi connectivity index (χ2v) is 12.0. The molecule has 1 amide bonds. The van der Waals surface area contributed by atoms with Gasteiger partial charge in [-0.05, 0) is 61.0 Å². The highest BCUT2D eigenvalue weighted by Crippen LogP contribution is 2.47. The molecule has 0 spiro atoms. The Morgan fingerprint density at radius 3 is 2.31 bits per heavy atom. The van der Waals surface area contributed by atoms with Crippen LogP contribution < -0.4 is 5.32 Å². The van der Waals surface area contributed by atoms with Gasteiger partial charge >= 0.3 is 0 Å². The van der Waals surface area contributed by atoms with Crippen molar-refractivity contribution >= 4 is 45.0 Å². The number of nitrogens with one attached hydrogen (secondary N) is 2. The van der Waals surface area contributed by atoms with E-state index in [2.05, 4.69) is 48.4 Å². The maximum absolute atomic E-state index is 12.5. The molecule has 0 radical (unpaired) electrons. The van der Waals surface area contributed by atoms with Gasteiger partial charge < -0.3 is 5.32 Å². The predicted octanol–water partition coefficient (Wildman–Crippen LogP) is 8.05. The summed E-state index contributed by atoms with van der Waals surface area (Å²) in [5.74, 6) is 0.621. The second-order valence-electron chi connectivity index (χ2n) is 9.96. The SMILES string of the molecule is CCC(Cc1ccccc1)=NC(=N)SC(=C(C)CC)C1CCC(c2nnc(NC(=O)Cc3ccccc3)s2)C1. The van der Waals surface area contributed by atoms with Crippen molar-refractivity contribution in [3.63, 3.8) is 0 Å². The van der Waals surface area contributed by atoms with E-state index in [4.69, 9.17) is 10.4 Å². The van der Waals surface area contributed by atoms with Gasteiger partial charge in [0.1, 0.15) is 5.01 Å². The first-order valence-corrected chi connectivity index (χ1v) is 15.3. The molecule has 39 heavy (non-hydrogen) atoms. The number of hydrogen-bond donors (Lipinski definition) is 2. The van der Waals surface area contributed by atoms with Gasteiger partial charge in [0.15, 0.2) is 5.17 Å². The van der Waals surface area contributed by atoms with E-state index in [1.165, 1.54) is 39.1 Å². The highest BCUT2D eigenvalue weighted by atomic mass is 32.2. The van der Waals surface area contributed by atoms with Gasteiger partial charge in [-0.25, -0.2) is 4.99 Å². The molecule has 2 atom stereocenters. The van der Waals surface area contributed by atoms with Crippen molar-refractivity contribution in [1.82, 2.24) is 10.2 Å². The van der Waals surface area contributed by atoms with Crippen LogP contribution in [0.2, 0.25) is 0 Å². The quantitative estimate of drug-likeness (QED) is 0.194. The molecule has 6 nitrogen and oxygen atoms in total. The second kappa shape index (κ2) is 14.3. The fraction of sp³-hybridized carbons (Fsp3) is 0.387. The standard InChI is InChI=1S/C31H37N5OS2/c1-4-21(3)28(38-30(32)33-26(5-2)18-22-12-8-6-9-13-22)24-16-17-25(20-24)29-35-36-31(39-29)34-27(37)19-23-14-10-7-11-15-23/h6-15,24-25,32H,4-5,16-20H2,1-3H3,(H,34,36,37). The van der Waals surface area contributed by atoms with Crippen molar-refractivity contribution in [3.05, 3.63) is 87.3 Å². The van der Waals surface area contributed by atoms with Gasteiger partial charge in [-0.15, -0.1) is 10.2 Å². The fourth-order valence-electron chi connectivity index (χ4n) is 4.88. The largest absolute Gasteiger partial charge is 0.300 e. The molecule has 1 saturated carbocycles. The number of anilines is 1. The molecular weight excluding hydrogens is 523 g/mol. The summed E-state index contributed by atoms with van der Waals surface area (Å²) in [6.07, 6.45) is 5.96. The van der Waals surface area contributed by atoms with Gasteiger partial charge in [0.25, 0.3) is 0 Å². The summed E-state index contributed by atoms with van der Waals surface area (Å²) in [4.78, 5) is 18.5. The number of amidine groups is 1. The summed E-state index contributed by atoms with van der Waals surface area (Å²) < 4.78 is 0. The summed E-state index contributed by atoms with van der Waals surface area (Å²) in [7, 11) is 0. The third-order valence-corrected chi connectivity index (χ3v) is 9.31. The van der Waals surface area contributed by atoms with Crippen LogP contribution in [0.3, 0.4) is 0 Å². The molecule has 1 heterocycles. The Morgan fingerprint density at radius 2 is 1.67 bits per heavy atom. The van der Waals surface area contributed by atoms with Crippen LogP contribution in [0.25, 0.3) is 0 Å². The summed E-state index contributed by atoms with van der Waals surface area (Å²) in [5, 5.41) is 22.2. The van der Waals surface area contributed by atoms with Crippen LogP contribution in [0, 0.1) is 11.3 Å². The number of allylic oxidation sites excluding steroid dienone is 2. The maximum atomic E-state index is 12.5. The lowest BCUT2D eigenvalue weighted by Gasteiger charge is -2.17. The summed E-state index contributed by atoms with van der Waals surface area (Å²) in [5.41, 5.74) is 4.57. The zero-order chi connectivity index (χ0) is 27.6. The molecule has 1 fully saturated rings. The molecule has 8 heteroatoms. The predicted molar refractivity (Wildman–Crippen MR) is 165 cm³/mol. The average Bonchev–Trinajstić information content (AvgIpc) is 3.62.